The Morgan fingerprint density at radius 2 is 1.68 bits per heavy atom. The number of rotatable bonds is 7. The molecular formula is C23H28N2O3. The predicted octanol–water partition coefficient (Wildman–Crippen LogP) is 4.79. The van der Waals surface area contributed by atoms with Crippen LogP contribution in [0.4, 0.5) is 5.69 Å². The zero-order valence-electron chi connectivity index (χ0n) is 16.4. The number of hydrogen-bond acceptors (Lipinski definition) is 3. The Morgan fingerprint density at radius 1 is 0.964 bits per heavy atom. The van der Waals surface area contributed by atoms with Gasteiger partial charge in [-0.05, 0) is 55.7 Å². The molecule has 2 aromatic rings. The van der Waals surface area contributed by atoms with Gasteiger partial charge in [0.25, 0.3) is 11.8 Å². The summed E-state index contributed by atoms with van der Waals surface area (Å²) in [7, 11) is 0. The van der Waals surface area contributed by atoms with Crippen LogP contribution in [0.25, 0.3) is 0 Å². The van der Waals surface area contributed by atoms with E-state index in [1.165, 1.54) is 19.3 Å². The van der Waals surface area contributed by atoms with E-state index in [0.29, 0.717) is 29.2 Å². The second kappa shape index (κ2) is 9.93. The van der Waals surface area contributed by atoms with Crippen LogP contribution in [0, 0.1) is 0 Å². The number of carbonyl (C=O) groups excluding carboxylic acids is 2. The van der Waals surface area contributed by atoms with Crippen LogP contribution in [-0.2, 0) is 0 Å². The maximum atomic E-state index is 12.6. The zero-order valence-corrected chi connectivity index (χ0v) is 16.4. The Labute approximate surface area is 166 Å². The normalized spacial score (nSPS) is 14.3. The maximum Gasteiger partial charge on any atom is 0.255 e. The number of amides is 2. The van der Waals surface area contributed by atoms with Gasteiger partial charge < -0.3 is 15.4 Å². The molecule has 0 aromatic heterocycles. The molecule has 1 aliphatic rings. The summed E-state index contributed by atoms with van der Waals surface area (Å²) in [5.74, 6) is 0.361. The molecule has 2 aromatic carbocycles. The first-order chi connectivity index (χ1) is 13.7. The number of hydrogen-bond donors (Lipinski definition) is 2. The van der Waals surface area contributed by atoms with Crippen LogP contribution >= 0.6 is 0 Å². The molecule has 0 spiro atoms. The van der Waals surface area contributed by atoms with Crippen molar-refractivity contribution in [2.75, 3.05) is 11.9 Å². The molecule has 3 rings (SSSR count). The fourth-order valence-electron chi connectivity index (χ4n) is 3.40. The third-order valence-corrected chi connectivity index (χ3v) is 4.89. The molecule has 1 aliphatic carbocycles. The molecular weight excluding hydrogens is 352 g/mol. The summed E-state index contributed by atoms with van der Waals surface area (Å²) in [4.78, 5) is 25.1. The van der Waals surface area contributed by atoms with Crippen molar-refractivity contribution in [1.82, 2.24) is 5.32 Å². The molecule has 0 aliphatic heterocycles. The highest BCUT2D eigenvalue weighted by molar-refractivity contribution is 6.05. The highest BCUT2D eigenvalue weighted by Gasteiger charge is 2.17. The van der Waals surface area contributed by atoms with Crippen molar-refractivity contribution in [3.63, 3.8) is 0 Å². The first-order valence-corrected chi connectivity index (χ1v) is 10.1. The molecule has 5 heteroatoms. The summed E-state index contributed by atoms with van der Waals surface area (Å²) >= 11 is 0. The smallest absolute Gasteiger partial charge is 0.255 e. The van der Waals surface area contributed by atoms with Gasteiger partial charge in [-0.1, -0.05) is 38.3 Å². The third kappa shape index (κ3) is 5.59. The van der Waals surface area contributed by atoms with Crippen LogP contribution in [0.15, 0.2) is 48.5 Å². The molecule has 0 atom stereocenters. The first kappa shape index (κ1) is 19.9. The van der Waals surface area contributed by atoms with Crippen LogP contribution in [0.2, 0.25) is 0 Å². The summed E-state index contributed by atoms with van der Waals surface area (Å²) in [5, 5.41) is 5.97. The van der Waals surface area contributed by atoms with Gasteiger partial charge >= 0.3 is 0 Å². The largest absolute Gasteiger partial charge is 0.494 e. The molecule has 0 radical (unpaired) electrons. The summed E-state index contributed by atoms with van der Waals surface area (Å²) in [6.07, 6.45) is 6.58. The third-order valence-electron chi connectivity index (χ3n) is 4.89. The molecule has 2 amide bonds. The highest BCUT2D eigenvalue weighted by Crippen LogP contribution is 2.19. The standard InChI is InChI=1S/C23H28N2O3/c1-2-14-28-21-13-7-9-18(16-21)23(27)25-20-12-6-8-17(15-20)22(26)24-19-10-4-3-5-11-19/h6-9,12-13,15-16,19H,2-5,10-11,14H2,1H3,(H,24,26)(H,25,27). The Morgan fingerprint density at radius 3 is 2.43 bits per heavy atom. The summed E-state index contributed by atoms with van der Waals surface area (Å²) < 4.78 is 5.59. The second-order valence-corrected chi connectivity index (χ2v) is 7.22. The van der Waals surface area contributed by atoms with Gasteiger partial charge in [-0.3, -0.25) is 9.59 Å². The van der Waals surface area contributed by atoms with Crippen molar-refractivity contribution in [2.24, 2.45) is 0 Å². The molecule has 0 bridgehead atoms. The van der Waals surface area contributed by atoms with E-state index >= 15 is 0 Å². The Bertz CT molecular complexity index is 813. The Hall–Kier alpha value is -2.82. The van der Waals surface area contributed by atoms with Crippen molar-refractivity contribution < 1.29 is 14.3 Å². The fourth-order valence-corrected chi connectivity index (χ4v) is 3.40. The minimum Gasteiger partial charge on any atom is -0.494 e. The lowest BCUT2D eigenvalue weighted by atomic mass is 9.95. The molecule has 0 heterocycles. The highest BCUT2D eigenvalue weighted by atomic mass is 16.5. The summed E-state index contributed by atoms with van der Waals surface area (Å²) in [6, 6.07) is 14.4. The Balaban J connectivity index is 1.63. The monoisotopic (exact) mass is 380 g/mol. The molecule has 1 fully saturated rings. The lowest BCUT2D eigenvalue weighted by molar-refractivity contribution is 0.0926. The predicted molar refractivity (Wildman–Crippen MR) is 111 cm³/mol. The molecule has 28 heavy (non-hydrogen) atoms. The van der Waals surface area contributed by atoms with E-state index in [4.69, 9.17) is 4.74 Å². The average molecular weight is 380 g/mol. The zero-order chi connectivity index (χ0) is 19.8. The number of carbonyl (C=O) groups is 2. The van der Waals surface area contributed by atoms with Crippen LogP contribution in [0.1, 0.15) is 66.2 Å². The van der Waals surface area contributed by atoms with E-state index in [-0.39, 0.29) is 17.9 Å². The summed E-state index contributed by atoms with van der Waals surface area (Å²) in [5.41, 5.74) is 1.68. The van der Waals surface area contributed by atoms with Gasteiger partial charge in [0.05, 0.1) is 6.61 Å². The van der Waals surface area contributed by atoms with Crippen LogP contribution < -0.4 is 15.4 Å². The van der Waals surface area contributed by atoms with Crippen LogP contribution in [-0.4, -0.2) is 24.5 Å². The number of anilines is 1. The number of benzene rings is 2. The maximum absolute atomic E-state index is 12.6. The number of ether oxygens (including phenoxy) is 1. The molecule has 1 saturated carbocycles. The topological polar surface area (TPSA) is 67.4 Å². The van der Waals surface area contributed by atoms with Crippen molar-refractivity contribution in [3.05, 3.63) is 59.7 Å². The van der Waals surface area contributed by atoms with Gasteiger partial charge in [0.15, 0.2) is 0 Å². The van der Waals surface area contributed by atoms with E-state index < -0.39 is 0 Å². The van der Waals surface area contributed by atoms with Gasteiger partial charge in [-0.25, -0.2) is 0 Å². The minimum absolute atomic E-state index is 0.0852. The quantitative estimate of drug-likeness (QED) is 0.726. The van der Waals surface area contributed by atoms with E-state index in [9.17, 15) is 9.59 Å². The molecule has 0 unspecified atom stereocenters. The van der Waals surface area contributed by atoms with E-state index in [1.54, 1.807) is 42.5 Å². The first-order valence-electron chi connectivity index (χ1n) is 10.1. The van der Waals surface area contributed by atoms with Gasteiger partial charge in [-0.2, -0.15) is 0 Å². The van der Waals surface area contributed by atoms with Gasteiger partial charge in [0.2, 0.25) is 0 Å². The minimum atomic E-state index is -0.230. The van der Waals surface area contributed by atoms with Gasteiger partial charge in [0.1, 0.15) is 5.75 Å². The molecule has 0 saturated heterocycles. The fraction of sp³-hybridized carbons (Fsp3) is 0.391. The van der Waals surface area contributed by atoms with Crippen molar-refractivity contribution in [1.29, 1.82) is 0 Å². The van der Waals surface area contributed by atoms with E-state index in [2.05, 4.69) is 10.6 Å². The molecule has 5 nitrogen and oxygen atoms in total. The van der Waals surface area contributed by atoms with Crippen molar-refractivity contribution in [3.8, 4) is 5.75 Å². The molecule has 2 N–H and O–H groups in total. The second-order valence-electron chi connectivity index (χ2n) is 7.22. The SMILES string of the molecule is CCCOc1cccc(C(=O)Nc2cccc(C(=O)NC3CCCCC3)c2)c1. The van der Waals surface area contributed by atoms with Crippen LogP contribution in [0.3, 0.4) is 0 Å². The lowest BCUT2D eigenvalue weighted by Crippen LogP contribution is -2.36. The molecule has 148 valence electrons. The van der Waals surface area contributed by atoms with Gasteiger partial charge in [0, 0.05) is 22.9 Å². The van der Waals surface area contributed by atoms with E-state index in [0.717, 1.165) is 19.3 Å². The summed E-state index contributed by atoms with van der Waals surface area (Å²) in [6.45, 7) is 2.65. The number of nitrogens with one attached hydrogen (secondary N) is 2. The van der Waals surface area contributed by atoms with Crippen LogP contribution in [0.5, 0.6) is 5.75 Å². The van der Waals surface area contributed by atoms with Crippen molar-refractivity contribution in [2.45, 2.75) is 51.5 Å². The Kier molecular flexibility index (Phi) is 7.06. The van der Waals surface area contributed by atoms with E-state index in [1.807, 2.05) is 13.0 Å². The van der Waals surface area contributed by atoms with Gasteiger partial charge in [-0.15, -0.1) is 0 Å². The van der Waals surface area contributed by atoms with Crippen molar-refractivity contribution >= 4 is 17.5 Å². The average Bonchev–Trinajstić information content (AvgIpc) is 2.73. The lowest BCUT2D eigenvalue weighted by Gasteiger charge is -2.22.